The van der Waals surface area contributed by atoms with Crippen molar-refractivity contribution in [3.8, 4) is 5.75 Å². The van der Waals surface area contributed by atoms with Gasteiger partial charge in [0.2, 0.25) is 5.91 Å². The molecular formula is C11H14F2N2O2. The highest BCUT2D eigenvalue weighted by Crippen LogP contribution is 2.21. The molecule has 1 aromatic carbocycles. The van der Waals surface area contributed by atoms with Crippen molar-refractivity contribution in [2.45, 2.75) is 6.42 Å². The minimum atomic E-state index is -0.612. The van der Waals surface area contributed by atoms with Gasteiger partial charge in [-0.2, -0.15) is 0 Å². The van der Waals surface area contributed by atoms with Crippen LogP contribution in [-0.4, -0.2) is 26.1 Å². The van der Waals surface area contributed by atoms with Crippen LogP contribution in [0.15, 0.2) is 12.1 Å². The van der Waals surface area contributed by atoms with E-state index in [4.69, 9.17) is 5.73 Å². The first-order valence-corrected chi connectivity index (χ1v) is 5.05. The Morgan fingerprint density at radius 2 is 2.12 bits per heavy atom. The van der Waals surface area contributed by atoms with Crippen LogP contribution >= 0.6 is 0 Å². The standard InChI is InChI=1S/C11H14F2N2O2/c1-17-10-5-8(12)7(4-9(10)13)2-3-15-6-11(14)16/h4-5,15H,2-3,6H2,1H3,(H2,14,16). The number of hydrogen-bond donors (Lipinski definition) is 2. The highest BCUT2D eigenvalue weighted by atomic mass is 19.1. The molecule has 0 aliphatic heterocycles. The maximum atomic E-state index is 13.4. The molecule has 0 unspecified atom stereocenters. The average molecular weight is 244 g/mol. The van der Waals surface area contributed by atoms with Gasteiger partial charge in [0, 0.05) is 6.07 Å². The molecular weight excluding hydrogens is 230 g/mol. The number of primary amides is 1. The maximum Gasteiger partial charge on any atom is 0.231 e. The Balaban J connectivity index is 2.59. The largest absolute Gasteiger partial charge is 0.494 e. The van der Waals surface area contributed by atoms with E-state index in [-0.39, 0.29) is 24.3 Å². The first-order chi connectivity index (χ1) is 8.04. The predicted octanol–water partition coefficient (Wildman–Crippen LogP) is 0.591. The van der Waals surface area contributed by atoms with E-state index in [0.717, 1.165) is 12.1 Å². The zero-order chi connectivity index (χ0) is 12.8. The van der Waals surface area contributed by atoms with Crippen molar-refractivity contribution < 1.29 is 18.3 Å². The number of nitrogens with two attached hydrogens (primary N) is 1. The first-order valence-electron chi connectivity index (χ1n) is 5.05. The van der Waals surface area contributed by atoms with Crippen molar-refractivity contribution >= 4 is 5.91 Å². The lowest BCUT2D eigenvalue weighted by atomic mass is 10.1. The Labute approximate surface area is 97.8 Å². The zero-order valence-corrected chi connectivity index (χ0v) is 9.43. The van der Waals surface area contributed by atoms with Gasteiger partial charge >= 0.3 is 0 Å². The molecule has 17 heavy (non-hydrogen) atoms. The van der Waals surface area contributed by atoms with Gasteiger partial charge in [-0.3, -0.25) is 4.79 Å². The number of methoxy groups -OCH3 is 1. The van der Waals surface area contributed by atoms with E-state index in [0.29, 0.717) is 6.54 Å². The Bertz CT molecular complexity index is 411. The molecule has 0 atom stereocenters. The van der Waals surface area contributed by atoms with E-state index in [1.165, 1.54) is 7.11 Å². The Kier molecular flexibility index (Phi) is 4.84. The number of carbonyl (C=O) groups is 1. The molecule has 1 amide bonds. The van der Waals surface area contributed by atoms with Gasteiger partial charge in [-0.25, -0.2) is 8.78 Å². The van der Waals surface area contributed by atoms with Gasteiger partial charge in [0.15, 0.2) is 11.6 Å². The lowest BCUT2D eigenvalue weighted by Gasteiger charge is -2.07. The SMILES string of the molecule is COc1cc(F)c(CCNCC(N)=O)cc1F. The molecule has 4 nitrogen and oxygen atoms in total. The first kappa shape index (κ1) is 13.4. The molecule has 94 valence electrons. The molecule has 0 saturated heterocycles. The minimum absolute atomic E-state index is 0.0141. The summed E-state index contributed by atoms with van der Waals surface area (Å²) < 4.78 is 31.4. The molecule has 0 radical (unpaired) electrons. The summed E-state index contributed by atoms with van der Waals surface area (Å²) in [6, 6.07) is 2.08. The monoisotopic (exact) mass is 244 g/mol. The van der Waals surface area contributed by atoms with Crippen LogP contribution in [-0.2, 0) is 11.2 Å². The van der Waals surface area contributed by atoms with Gasteiger partial charge < -0.3 is 15.8 Å². The number of amides is 1. The second-order valence-corrected chi connectivity index (χ2v) is 3.47. The van der Waals surface area contributed by atoms with Crippen LogP contribution in [0.5, 0.6) is 5.75 Å². The summed E-state index contributed by atoms with van der Waals surface area (Å²) in [5.74, 6) is -1.77. The molecule has 0 spiro atoms. The van der Waals surface area contributed by atoms with Crippen molar-refractivity contribution in [2.75, 3.05) is 20.2 Å². The van der Waals surface area contributed by atoms with Crippen LogP contribution in [0.4, 0.5) is 8.78 Å². The van der Waals surface area contributed by atoms with Crippen molar-refractivity contribution in [2.24, 2.45) is 5.73 Å². The van der Waals surface area contributed by atoms with E-state index in [1.54, 1.807) is 0 Å². The molecule has 1 aromatic rings. The molecule has 0 saturated carbocycles. The summed E-state index contributed by atoms with van der Waals surface area (Å²) in [5, 5.41) is 2.71. The maximum absolute atomic E-state index is 13.4. The van der Waals surface area contributed by atoms with E-state index < -0.39 is 17.5 Å². The molecule has 0 fully saturated rings. The molecule has 0 bridgehead atoms. The predicted molar refractivity (Wildman–Crippen MR) is 58.7 cm³/mol. The molecule has 0 aliphatic carbocycles. The highest BCUT2D eigenvalue weighted by molar-refractivity contribution is 5.75. The number of rotatable bonds is 6. The molecule has 6 heteroatoms. The molecule has 0 aliphatic rings. The lowest BCUT2D eigenvalue weighted by Crippen LogP contribution is -2.30. The molecule has 0 heterocycles. The van der Waals surface area contributed by atoms with E-state index in [2.05, 4.69) is 10.1 Å². The Morgan fingerprint density at radius 3 is 2.71 bits per heavy atom. The number of carbonyl (C=O) groups excluding carboxylic acids is 1. The van der Waals surface area contributed by atoms with Crippen LogP contribution in [0.25, 0.3) is 0 Å². The lowest BCUT2D eigenvalue weighted by molar-refractivity contribution is -0.117. The third-order valence-corrected chi connectivity index (χ3v) is 2.19. The van der Waals surface area contributed by atoms with Gasteiger partial charge in [0.1, 0.15) is 5.82 Å². The van der Waals surface area contributed by atoms with Crippen LogP contribution < -0.4 is 15.8 Å². The van der Waals surface area contributed by atoms with E-state index in [9.17, 15) is 13.6 Å². The van der Waals surface area contributed by atoms with Crippen molar-refractivity contribution in [1.82, 2.24) is 5.32 Å². The van der Waals surface area contributed by atoms with Crippen LogP contribution in [0.3, 0.4) is 0 Å². The third kappa shape index (κ3) is 3.99. The van der Waals surface area contributed by atoms with Crippen LogP contribution in [0, 0.1) is 11.6 Å². The highest BCUT2D eigenvalue weighted by Gasteiger charge is 2.09. The van der Waals surface area contributed by atoms with Gasteiger partial charge in [-0.1, -0.05) is 0 Å². The summed E-state index contributed by atoms with van der Waals surface area (Å²) in [6.45, 7) is 0.353. The summed E-state index contributed by atoms with van der Waals surface area (Å²) >= 11 is 0. The Morgan fingerprint density at radius 1 is 1.41 bits per heavy atom. The summed E-state index contributed by atoms with van der Waals surface area (Å²) in [4.78, 5) is 10.4. The van der Waals surface area contributed by atoms with Gasteiger partial charge in [-0.15, -0.1) is 0 Å². The van der Waals surface area contributed by atoms with Crippen LogP contribution in [0.1, 0.15) is 5.56 Å². The van der Waals surface area contributed by atoms with Gasteiger partial charge in [-0.05, 0) is 24.6 Å². The quantitative estimate of drug-likeness (QED) is 0.720. The topological polar surface area (TPSA) is 64.3 Å². The fraction of sp³-hybridized carbons (Fsp3) is 0.364. The third-order valence-electron chi connectivity index (χ3n) is 2.19. The minimum Gasteiger partial charge on any atom is -0.494 e. The van der Waals surface area contributed by atoms with Crippen molar-refractivity contribution in [3.05, 3.63) is 29.3 Å². The fourth-order valence-electron chi connectivity index (χ4n) is 1.35. The number of hydrogen-bond acceptors (Lipinski definition) is 3. The Hall–Kier alpha value is -1.69. The second kappa shape index (κ2) is 6.15. The fourth-order valence-corrected chi connectivity index (χ4v) is 1.35. The van der Waals surface area contributed by atoms with Crippen molar-refractivity contribution in [1.29, 1.82) is 0 Å². The molecule has 3 N–H and O–H groups in total. The second-order valence-electron chi connectivity index (χ2n) is 3.47. The van der Waals surface area contributed by atoms with Crippen LogP contribution in [0.2, 0.25) is 0 Å². The number of benzene rings is 1. The normalized spacial score (nSPS) is 10.3. The average Bonchev–Trinajstić information content (AvgIpc) is 2.28. The van der Waals surface area contributed by atoms with Gasteiger partial charge in [0.25, 0.3) is 0 Å². The molecule has 1 rings (SSSR count). The van der Waals surface area contributed by atoms with E-state index in [1.807, 2.05) is 0 Å². The summed E-state index contributed by atoms with van der Waals surface area (Å²) in [7, 11) is 1.27. The summed E-state index contributed by atoms with van der Waals surface area (Å²) in [6.07, 6.45) is 0.264. The summed E-state index contributed by atoms with van der Waals surface area (Å²) in [5.41, 5.74) is 5.13. The molecule has 0 aromatic heterocycles. The van der Waals surface area contributed by atoms with E-state index >= 15 is 0 Å². The zero-order valence-electron chi connectivity index (χ0n) is 9.43. The number of halogens is 2. The number of nitrogens with one attached hydrogen (secondary N) is 1. The smallest absolute Gasteiger partial charge is 0.231 e. The number of ether oxygens (including phenoxy) is 1. The van der Waals surface area contributed by atoms with Crippen molar-refractivity contribution in [3.63, 3.8) is 0 Å². The van der Waals surface area contributed by atoms with Gasteiger partial charge in [0.05, 0.1) is 13.7 Å².